The molecule has 0 saturated heterocycles. The quantitative estimate of drug-likeness (QED) is 0.381. The molecule has 28 heavy (non-hydrogen) atoms. The molecule has 1 amide bonds. The van der Waals surface area contributed by atoms with Crippen LogP contribution in [0.25, 0.3) is 21.7 Å². The largest absolute Gasteiger partial charge is 0.323 e. The van der Waals surface area contributed by atoms with E-state index in [9.17, 15) is 4.79 Å². The number of rotatable bonds is 5. The zero-order chi connectivity index (χ0) is 19.7. The van der Waals surface area contributed by atoms with Gasteiger partial charge in [-0.3, -0.25) is 4.79 Å². The Morgan fingerprint density at radius 1 is 1.14 bits per heavy atom. The number of carbonyl (C=O) groups is 1. The third-order valence-electron chi connectivity index (χ3n) is 4.33. The molecular weight excluding hydrogens is 413 g/mol. The Balaban J connectivity index is 1.65. The van der Waals surface area contributed by atoms with Crippen molar-refractivity contribution in [1.29, 1.82) is 0 Å². The fraction of sp³-hybridized carbons (Fsp3) is 0.143. The molecule has 0 bridgehead atoms. The van der Waals surface area contributed by atoms with Crippen LogP contribution in [0, 0.1) is 0 Å². The number of amides is 1. The molecule has 2 aromatic carbocycles. The Labute approximate surface area is 176 Å². The third kappa shape index (κ3) is 3.65. The second-order valence-electron chi connectivity index (χ2n) is 6.32. The number of hydrogen-bond acceptors (Lipinski definition) is 3. The number of imidazole rings is 1. The molecule has 0 fully saturated rings. The van der Waals surface area contributed by atoms with Crippen LogP contribution in [0.15, 0.2) is 54.6 Å². The van der Waals surface area contributed by atoms with Crippen molar-refractivity contribution >= 4 is 57.2 Å². The van der Waals surface area contributed by atoms with E-state index < -0.39 is 0 Å². The van der Waals surface area contributed by atoms with Crippen LogP contribution in [0.4, 0.5) is 5.69 Å². The van der Waals surface area contributed by atoms with Gasteiger partial charge in [-0.15, -0.1) is 11.3 Å². The molecule has 0 radical (unpaired) electrons. The Morgan fingerprint density at radius 2 is 1.96 bits per heavy atom. The maximum atomic E-state index is 12.7. The van der Waals surface area contributed by atoms with Gasteiger partial charge in [0.15, 0.2) is 5.82 Å². The lowest BCUT2D eigenvalue weighted by Crippen LogP contribution is -2.10. The van der Waals surface area contributed by atoms with Gasteiger partial charge in [0.1, 0.15) is 0 Å². The van der Waals surface area contributed by atoms with Crippen LogP contribution < -0.4 is 5.32 Å². The average Bonchev–Trinajstić information content (AvgIpc) is 3.30. The van der Waals surface area contributed by atoms with E-state index in [4.69, 9.17) is 28.2 Å². The minimum atomic E-state index is -0.210. The second kappa shape index (κ2) is 7.95. The fourth-order valence-corrected chi connectivity index (χ4v) is 4.42. The Kier molecular flexibility index (Phi) is 5.40. The monoisotopic (exact) mass is 429 g/mol. The lowest BCUT2D eigenvalue weighted by Gasteiger charge is -2.07. The number of nitrogens with one attached hydrogen (secondary N) is 1. The van der Waals surface area contributed by atoms with Gasteiger partial charge in [0, 0.05) is 11.6 Å². The van der Waals surface area contributed by atoms with Crippen molar-refractivity contribution in [3.05, 3.63) is 69.5 Å². The van der Waals surface area contributed by atoms with Gasteiger partial charge in [-0.2, -0.15) is 0 Å². The normalized spacial score (nSPS) is 11.1. The smallest absolute Gasteiger partial charge is 0.265 e. The van der Waals surface area contributed by atoms with E-state index in [0.29, 0.717) is 20.6 Å². The first-order valence-electron chi connectivity index (χ1n) is 8.88. The Bertz CT molecular complexity index is 1170. The number of aryl methyl sites for hydroxylation is 1. The van der Waals surface area contributed by atoms with Gasteiger partial charge in [-0.25, -0.2) is 4.98 Å². The first-order chi connectivity index (χ1) is 13.6. The molecule has 7 heteroatoms. The van der Waals surface area contributed by atoms with Gasteiger partial charge >= 0.3 is 0 Å². The number of thiophene rings is 1. The zero-order valence-corrected chi connectivity index (χ0v) is 17.4. The summed E-state index contributed by atoms with van der Waals surface area (Å²) < 4.78 is 2.21. The van der Waals surface area contributed by atoms with Crippen molar-refractivity contribution < 1.29 is 4.79 Å². The second-order valence-corrected chi connectivity index (χ2v) is 8.25. The standard InChI is InChI=1S/C21H17Cl2N3OS/c1-2-11-26-17-6-4-3-5-16(17)24-20(26)18-9-10-19(28-18)21(27)25-15-8-7-13(22)12-14(15)23/h3-10,12H,2,11H2,1H3,(H,25,27). The predicted molar refractivity (Wildman–Crippen MR) is 118 cm³/mol. The molecule has 4 aromatic rings. The van der Waals surface area contributed by atoms with E-state index in [1.54, 1.807) is 18.2 Å². The van der Waals surface area contributed by atoms with Crippen LogP contribution in [0.1, 0.15) is 23.0 Å². The summed E-state index contributed by atoms with van der Waals surface area (Å²) in [4.78, 5) is 19.0. The van der Waals surface area contributed by atoms with Crippen LogP contribution in [-0.4, -0.2) is 15.5 Å². The first-order valence-corrected chi connectivity index (χ1v) is 10.5. The van der Waals surface area contributed by atoms with E-state index in [-0.39, 0.29) is 5.91 Å². The van der Waals surface area contributed by atoms with Crippen molar-refractivity contribution in [3.8, 4) is 10.7 Å². The van der Waals surface area contributed by atoms with E-state index in [1.807, 2.05) is 30.3 Å². The van der Waals surface area contributed by atoms with E-state index >= 15 is 0 Å². The highest BCUT2D eigenvalue weighted by Gasteiger charge is 2.17. The molecule has 4 rings (SSSR count). The highest BCUT2D eigenvalue weighted by atomic mass is 35.5. The molecule has 0 aliphatic heterocycles. The summed E-state index contributed by atoms with van der Waals surface area (Å²) in [6, 6.07) is 16.8. The molecule has 0 unspecified atom stereocenters. The molecule has 0 aliphatic rings. The van der Waals surface area contributed by atoms with Crippen LogP contribution in [0.3, 0.4) is 0 Å². The lowest BCUT2D eigenvalue weighted by atomic mass is 10.3. The number of anilines is 1. The molecular formula is C21H17Cl2N3OS. The summed E-state index contributed by atoms with van der Waals surface area (Å²) in [6.07, 6.45) is 1.00. The molecule has 142 valence electrons. The van der Waals surface area contributed by atoms with Gasteiger partial charge in [0.05, 0.1) is 31.5 Å². The molecule has 2 aromatic heterocycles. The molecule has 0 saturated carbocycles. The summed E-state index contributed by atoms with van der Waals surface area (Å²) in [5, 5.41) is 3.77. The van der Waals surface area contributed by atoms with Gasteiger partial charge < -0.3 is 9.88 Å². The van der Waals surface area contributed by atoms with E-state index in [1.165, 1.54) is 11.3 Å². The third-order valence-corrected chi connectivity index (χ3v) is 5.96. The van der Waals surface area contributed by atoms with Gasteiger partial charge in [0.25, 0.3) is 5.91 Å². The fourth-order valence-electron chi connectivity index (χ4n) is 3.07. The van der Waals surface area contributed by atoms with Crippen LogP contribution in [0.5, 0.6) is 0 Å². The Morgan fingerprint density at radius 3 is 2.75 bits per heavy atom. The van der Waals surface area contributed by atoms with Crippen molar-refractivity contribution in [1.82, 2.24) is 9.55 Å². The van der Waals surface area contributed by atoms with Gasteiger partial charge in [-0.1, -0.05) is 42.3 Å². The van der Waals surface area contributed by atoms with Crippen molar-refractivity contribution in [2.45, 2.75) is 19.9 Å². The highest BCUT2D eigenvalue weighted by Crippen LogP contribution is 2.32. The van der Waals surface area contributed by atoms with Crippen LogP contribution in [0.2, 0.25) is 10.0 Å². The maximum Gasteiger partial charge on any atom is 0.265 e. The van der Waals surface area contributed by atoms with Crippen LogP contribution in [-0.2, 0) is 6.54 Å². The predicted octanol–water partition coefficient (Wildman–Crippen LogP) is 6.73. The lowest BCUT2D eigenvalue weighted by molar-refractivity contribution is 0.103. The van der Waals surface area contributed by atoms with Crippen molar-refractivity contribution in [2.24, 2.45) is 0 Å². The summed E-state index contributed by atoms with van der Waals surface area (Å²) in [7, 11) is 0. The van der Waals surface area contributed by atoms with Gasteiger partial charge in [0.2, 0.25) is 0 Å². The number of carbonyl (C=O) groups excluding carboxylic acids is 1. The van der Waals surface area contributed by atoms with E-state index in [0.717, 1.165) is 34.7 Å². The first kappa shape index (κ1) is 19.0. The zero-order valence-electron chi connectivity index (χ0n) is 15.1. The Hall–Kier alpha value is -2.34. The number of halogens is 2. The number of aromatic nitrogens is 2. The summed E-state index contributed by atoms with van der Waals surface area (Å²) in [6.45, 7) is 3.01. The highest BCUT2D eigenvalue weighted by molar-refractivity contribution is 7.17. The molecule has 1 N–H and O–H groups in total. The summed E-state index contributed by atoms with van der Waals surface area (Å²) in [5.74, 6) is 0.676. The SMILES string of the molecule is CCCn1c(-c2ccc(C(=O)Nc3ccc(Cl)cc3Cl)s2)nc2ccccc21. The topological polar surface area (TPSA) is 46.9 Å². The minimum absolute atomic E-state index is 0.210. The van der Waals surface area contributed by atoms with Crippen LogP contribution >= 0.6 is 34.5 Å². The van der Waals surface area contributed by atoms with Crippen molar-refractivity contribution in [2.75, 3.05) is 5.32 Å². The maximum absolute atomic E-state index is 12.7. The van der Waals surface area contributed by atoms with Gasteiger partial charge in [-0.05, 0) is 48.9 Å². The number of hydrogen-bond donors (Lipinski definition) is 1. The molecule has 4 nitrogen and oxygen atoms in total. The number of nitrogens with zero attached hydrogens (tertiary/aromatic N) is 2. The van der Waals surface area contributed by atoms with Crippen molar-refractivity contribution in [3.63, 3.8) is 0 Å². The minimum Gasteiger partial charge on any atom is -0.323 e. The molecule has 0 aliphatic carbocycles. The molecule has 2 heterocycles. The van der Waals surface area contributed by atoms with E-state index in [2.05, 4.69) is 22.9 Å². The number of benzene rings is 2. The summed E-state index contributed by atoms with van der Waals surface area (Å²) in [5.41, 5.74) is 2.59. The number of fused-ring (bicyclic) bond motifs is 1. The molecule has 0 atom stereocenters. The summed E-state index contributed by atoms with van der Waals surface area (Å²) >= 11 is 13.5. The molecule has 0 spiro atoms. The average molecular weight is 430 g/mol. The number of para-hydroxylation sites is 2.